The quantitative estimate of drug-likeness (QED) is 0.864. The van der Waals surface area contributed by atoms with Gasteiger partial charge in [0.15, 0.2) is 5.82 Å². The average molecular weight is 284 g/mol. The summed E-state index contributed by atoms with van der Waals surface area (Å²) in [6.07, 6.45) is 3.10. The van der Waals surface area contributed by atoms with Gasteiger partial charge in [0.05, 0.1) is 6.20 Å². The van der Waals surface area contributed by atoms with Gasteiger partial charge in [0.1, 0.15) is 0 Å². The minimum absolute atomic E-state index is 0.786. The minimum atomic E-state index is 0.786. The number of piperazine rings is 1. The molecule has 0 amide bonds. The van der Waals surface area contributed by atoms with Crippen molar-refractivity contribution in [3.05, 3.63) is 30.5 Å². The number of nitrogens with zero attached hydrogens (tertiary/aromatic N) is 4. The van der Waals surface area contributed by atoms with E-state index in [1.54, 1.807) is 0 Å². The van der Waals surface area contributed by atoms with E-state index in [0.717, 1.165) is 37.9 Å². The Labute approximate surface area is 126 Å². The topological polar surface area (TPSA) is 32.3 Å². The largest absolute Gasteiger partial charge is 0.352 e. The van der Waals surface area contributed by atoms with Gasteiger partial charge in [-0.05, 0) is 5.92 Å². The Morgan fingerprint density at radius 3 is 2.67 bits per heavy atom. The number of aromatic nitrogens is 2. The van der Waals surface area contributed by atoms with E-state index in [1.807, 2.05) is 6.20 Å². The maximum absolute atomic E-state index is 4.39. The Kier molecular flexibility index (Phi) is 4.34. The van der Waals surface area contributed by atoms with Crippen LogP contribution in [0.4, 0.5) is 5.82 Å². The van der Waals surface area contributed by atoms with Gasteiger partial charge in [0, 0.05) is 43.5 Å². The SMILES string of the molecule is CCC(C)CN1CCN(c2nncc3ccccc23)CC1. The fourth-order valence-corrected chi connectivity index (χ4v) is 2.96. The molecule has 0 N–H and O–H groups in total. The maximum atomic E-state index is 4.39. The number of hydrogen-bond acceptors (Lipinski definition) is 4. The van der Waals surface area contributed by atoms with Crippen LogP contribution in [-0.4, -0.2) is 47.8 Å². The van der Waals surface area contributed by atoms with E-state index in [1.165, 1.54) is 23.7 Å². The third kappa shape index (κ3) is 3.16. The van der Waals surface area contributed by atoms with E-state index < -0.39 is 0 Å². The molecule has 4 heteroatoms. The molecule has 0 bridgehead atoms. The predicted octanol–water partition coefficient (Wildman–Crippen LogP) is 2.80. The lowest BCUT2D eigenvalue weighted by molar-refractivity contribution is 0.222. The van der Waals surface area contributed by atoms with Crippen molar-refractivity contribution in [3.8, 4) is 0 Å². The van der Waals surface area contributed by atoms with E-state index in [2.05, 4.69) is 58.1 Å². The summed E-state index contributed by atoms with van der Waals surface area (Å²) in [5, 5.41) is 10.9. The Morgan fingerprint density at radius 2 is 1.90 bits per heavy atom. The van der Waals surface area contributed by atoms with Crippen LogP contribution in [0.5, 0.6) is 0 Å². The number of anilines is 1. The van der Waals surface area contributed by atoms with Gasteiger partial charge in [-0.15, -0.1) is 5.10 Å². The molecule has 1 aromatic carbocycles. The highest BCUT2D eigenvalue weighted by atomic mass is 15.3. The molecule has 2 heterocycles. The van der Waals surface area contributed by atoms with E-state index >= 15 is 0 Å². The summed E-state index contributed by atoms with van der Waals surface area (Å²) in [4.78, 5) is 4.95. The molecule has 2 aromatic rings. The van der Waals surface area contributed by atoms with Crippen LogP contribution in [0.2, 0.25) is 0 Å². The molecule has 112 valence electrons. The highest BCUT2D eigenvalue weighted by molar-refractivity contribution is 5.91. The van der Waals surface area contributed by atoms with Crippen LogP contribution in [0.1, 0.15) is 20.3 Å². The maximum Gasteiger partial charge on any atom is 0.159 e. The smallest absolute Gasteiger partial charge is 0.159 e. The molecule has 0 spiro atoms. The van der Waals surface area contributed by atoms with Crippen LogP contribution in [-0.2, 0) is 0 Å². The molecule has 0 aliphatic carbocycles. The third-order valence-corrected chi connectivity index (χ3v) is 4.49. The molecule has 1 saturated heterocycles. The van der Waals surface area contributed by atoms with Gasteiger partial charge in [0.2, 0.25) is 0 Å². The van der Waals surface area contributed by atoms with Crippen molar-refractivity contribution in [2.75, 3.05) is 37.6 Å². The van der Waals surface area contributed by atoms with Gasteiger partial charge in [0.25, 0.3) is 0 Å². The molecule has 1 aliphatic heterocycles. The lowest BCUT2D eigenvalue weighted by atomic mass is 10.1. The highest BCUT2D eigenvalue weighted by Gasteiger charge is 2.20. The lowest BCUT2D eigenvalue weighted by Gasteiger charge is -2.36. The first kappa shape index (κ1) is 14.3. The lowest BCUT2D eigenvalue weighted by Crippen LogP contribution is -2.48. The van der Waals surface area contributed by atoms with Crippen molar-refractivity contribution in [3.63, 3.8) is 0 Å². The molecule has 4 nitrogen and oxygen atoms in total. The summed E-state index contributed by atoms with van der Waals surface area (Å²) >= 11 is 0. The molecule has 1 atom stereocenters. The molecule has 3 rings (SSSR count). The number of benzene rings is 1. The fraction of sp³-hybridized carbons (Fsp3) is 0.529. The van der Waals surface area contributed by atoms with Crippen molar-refractivity contribution < 1.29 is 0 Å². The van der Waals surface area contributed by atoms with Gasteiger partial charge in [-0.1, -0.05) is 44.5 Å². The van der Waals surface area contributed by atoms with Gasteiger partial charge in [-0.25, -0.2) is 0 Å². The van der Waals surface area contributed by atoms with Crippen molar-refractivity contribution in [1.29, 1.82) is 0 Å². The van der Waals surface area contributed by atoms with Gasteiger partial charge < -0.3 is 4.90 Å². The first-order valence-electron chi connectivity index (χ1n) is 7.95. The Hall–Kier alpha value is -1.68. The van der Waals surface area contributed by atoms with Crippen LogP contribution in [0.15, 0.2) is 30.5 Å². The van der Waals surface area contributed by atoms with E-state index in [-0.39, 0.29) is 0 Å². The van der Waals surface area contributed by atoms with Gasteiger partial charge in [-0.2, -0.15) is 5.10 Å². The van der Waals surface area contributed by atoms with Crippen molar-refractivity contribution >= 4 is 16.6 Å². The van der Waals surface area contributed by atoms with Crippen LogP contribution < -0.4 is 4.90 Å². The van der Waals surface area contributed by atoms with Crippen LogP contribution in [0.3, 0.4) is 0 Å². The average Bonchev–Trinajstić information content (AvgIpc) is 2.55. The summed E-state index contributed by atoms with van der Waals surface area (Å²) in [6, 6.07) is 8.38. The molecular formula is C17H24N4. The summed E-state index contributed by atoms with van der Waals surface area (Å²) in [5.74, 6) is 1.82. The number of hydrogen-bond donors (Lipinski definition) is 0. The second-order valence-corrected chi connectivity index (χ2v) is 6.06. The van der Waals surface area contributed by atoms with Gasteiger partial charge >= 0.3 is 0 Å². The monoisotopic (exact) mass is 284 g/mol. The molecule has 1 aromatic heterocycles. The Bertz CT molecular complexity index is 585. The number of fused-ring (bicyclic) bond motifs is 1. The third-order valence-electron chi connectivity index (χ3n) is 4.49. The van der Waals surface area contributed by atoms with Crippen LogP contribution >= 0.6 is 0 Å². The summed E-state index contributed by atoms with van der Waals surface area (Å²) in [5.41, 5.74) is 0. The van der Waals surface area contributed by atoms with E-state index in [4.69, 9.17) is 0 Å². The fourth-order valence-electron chi connectivity index (χ4n) is 2.96. The summed E-state index contributed by atoms with van der Waals surface area (Å²) < 4.78 is 0. The second kappa shape index (κ2) is 6.39. The second-order valence-electron chi connectivity index (χ2n) is 6.06. The van der Waals surface area contributed by atoms with Crippen molar-refractivity contribution in [2.45, 2.75) is 20.3 Å². The molecule has 0 saturated carbocycles. The summed E-state index contributed by atoms with van der Waals surface area (Å²) in [7, 11) is 0. The van der Waals surface area contributed by atoms with Crippen molar-refractivity contribution in [2.24, 2.45) is 5.92 Å². The van der Waals surface area contributed by atoms with E-state index in [0.29, 0.717) is 0 Å². The van der Waals surface area contributed by atoms with Crippen LogP contribution in [0.25, 0.3) is 10.8 Å². The van der Waals surface area contributed by atoms with E-state index in [9.17, 15) is 0 Å². The normalized spacial score (nSPS) is 18.1. The molecule has 1 aliphatic rings. The molecule has 1 unspecified atom stereocenters. The van der Waals surface area contributed by atoms with Crippen LogP contribution in [0, 0.1) is 5.92 Å². The first-order chi connectivity index (χ1) is 10.3. The zero-order valence-electron chi connectivity index (χ0n) is 13.0. The first-order valence-corrected chi connectivity index (χ1v) is 7.95. The zero-order valence-corrected chi connectivity index (χ0v) is 13.0. The van der Waals surface area contributed by atoms with Crippen molar-refractivity contribution in [1.82, 2.24) is 15.1 Å². The molecular weight excluding hydrogens is 260 g/mol. The predicted molar refractivity (Wildman–Crippen MR) is 87.6 cm³/mol. The summed E-state index contributed by atoms with van der Waals surface area (Å²) in [6.45, 7) is 10.1. The zero-order chi connectivity index (χ0) is 14.7. The highest BCUT2D eigenvalue weighted by Crippen LogP contribution is 2.24. The molecule has 21 heavy (non-hydrogen) atoms. The van der Waals surface area contributed by atoms with Gasteiger partial charge in [-0.3, -0.25) is 4.90 Å². The Balaban J connectivity index is 1.71. The number of rotatable bonds is 4. The minimum Gasteiger partial charge on any atom is -0.352 e. The Morgan fingerprint density at radius 1 is 1.14 bits per heavy atom. The molecule has 1 fully saturated rings. The standard InChI is InChI=1S/C17H24N4/c1-3-14(2)13-20-8-10-21(11-9-20)17-16-7-5-4-6-15(16)12-18-19-17/h4-7,12,14H,3,8-11,13H2,1-2H3. The molecule has 0 radical (unpaired) electrons.